The van der Waals surface area contributed by atoms with E-state index in [1.807, 2.05) is 0 Å². The van der Waals surface area contributed by atoms with Gasteiger partial charge in [0.25, 0.3) is 0 Å². The van der Waals surface area contributed by atoms with Crippen LogP contribution in [0.2, 0.25) is 0 Å². The Hall–Kier alpha value is -3.88. The number of oxazole rings is 1. The van der Waals surface area contributed by atoms with E-state index in [1.54, 1.807) is 30.3 Å². The summed E-state index contributed by atoms with van der Waals surface area (Å²) in [4.78, 5) is 15.2. The molecule has 5 nitrogen and oxygen atoms in total. The summed E-state index contributed by atoms with van der Waals surface area (Å²) in [6.07, 6.45) is -4.98. The second-order valence-corrected chi connectivity index (χ2v) is 6.61. The van der Waals surface area contributed by atoms with Crippen LogP contribution < -0.4 is 4.74 Å². The molecular weight excluding hydrogens is 418 g/mol. The fraction of sp³-hybridized carbons (Fsp3) is 0.0909. The lowest BCUT2D eigenvalue weighted by Crippen LogP contribution is -2.10. The number of ether oxygens (including phenoxy) is 1. The standard InChI is InChI=1S/C22H13F4NO4/c23-19-15(22(24,25)26)8-14(10-18(19)30-11-12-4-2-1-3-5-12)20-27-16-9-13(21(28)29)6-7-17(16)31-20/h1-10H,11H2,(H,28,29). The quantitative estimate of drug-likeness (QED) is 0.397. The number of aromatic carboxylic acids is 1. The van der Waals surface area contributed by atoms with Crippen LogP contribution in [0.25, 0.3) is 22.6 Å². The lowest BCUT2D eigenvalue weighted by molar-refractivity contribution is -0.140. The molecule has 158 valence electrons. The molecule has 0 fully saturated rings. The number of hydrogen-bond acceptors (Lipinski definition) is 4. The van der Waals surface area contributed by atoms with Crippen molar-refractivity contribution >= 4 is 17.1 Å². The largest absolute Gasteiger partial charge is 0.486 e. The molecule has 1 aromatic heterocycles. The normalized spacial score (nSPS) is 11.6. The molecule has 0 aliphatic heterocycles. The van der Waals surface area contributed by atoms with E-state index in [4.69, 9.17) is 14.3 Å². The van der Waals surface area contributed by atoms with Gasteiger partial charge in [-0.3, -0.25) is 0 Å². The number of aromatic nitrogens is 1. The van der Waals surface area contributed by atoms with Crippen LogP contribution >= 0.6 is 0 Å². The highest BCUT2D eigenvalue weighted by Gasteiger charge is 2.36. The van der Waals surface area contributed by atoms with Crippen molar-refractivity contribution in [3.63, 3.8) is 0 Å². The maximum absolute atomic E-state index is 14.6. The van der Waals surface area contributed by atoms with Crippen LogP contribution in [0.15, 0.2) is 65.1 Å². The maximum atomic E-state index is 14.6. The summed E-state index contributed by atoms with van der Waals surface area (Å²) in [7, 11) is 0. The summed E-state index contributed by atoms with van der Waals surface area (Å²) in [5.41, 5.74) is -0.797. The number of halogens is 4. The van der Waals surface area contributed by atoms with Gasteiger partial charge < -0.3 is 14.3 Å². The van der Waals surface area contributed by atoms with Gasteiger partial charge in [-0.15, -0.1) is 0 Å². The van der Waals surface area contributed by atoms with Gasteiger partial charge >= 0.3 is 12.1 Å². The summed E-state index contributed by atoms with van der Waals surface area (Å²) >= 11 is 0. The van der Waals surface area contributed by atoms with Crippen molar-refractivity contribution in [2.75, 3.05) is 0 Å². The minimum atomic E-state index is -4.98. The number of fused-ring (bicyclic) bond motifs is 1. The SMILES string of the molecule is O=C(O)c1ccc2oc(-c3cc(OCc4ccccc4)c(F)c(C(F)(F)F)c3)nc2c1. The Balaban J connectivity index is 1.78. The first-order chi connectivity index (χ1) is 14.7. The van der Waals surface area contributed by atoms with E-state index < -0.39 is 29.3 Å². The van der Waals surface area contributed by atoms with E-state index in [0.29, 0.717) is 11.6 Å². The summed E-state index contributed by atoms with van der Waals surface area (Å²) in [5.74, 6) is -3.57. The highest BCUT2D eigenvalue weighted by atomic mass is 19.4. The molecule has 0 bridgehead atoms. The lowest BCUT2D eigenvalue weighted by Gasteiger charge is -2.14. The van der Waals surface area contributed by atoms with Gasteiger partial charge in [-0.25, -0.2) is 14.2 Å². The van der Waals surface area contributed by atoms with Crippen molar-refractivity contribution in [2.45, 2.75) is 12.8 Å². The van der Waals surface area contributed by atoms with Crippen LogP contribution in [-0.2, 0) is 12.8 Å². The van der Waals surface area contributed by atoms with Crippen LogP contribution in [0.5, 0.6) is 5.75 Å². The minimum Gasteiger partial charge on any atom is -0.486 e. The Labute approximate surface area is 172 Å². The average Bonchev–Trinajstić information content (AvgIpc) is 3.16. The van der Waals surface area contributed by atoms with Crippen molar-refractivity contribution in [3.05, 3.63) is 83.2 Å². The summed E-state index contributed by atoms with van der Waals surface area (Å²) < 4.78 is 65.6. The number of hydrogen-bond donors (Lipinski definition) is 1. The molecule has 0 unspecified atom stereocenters. The molecule has 0 aliphatic carbocycles. The first-order valence-electron chi connectivity index (χ1n) is 8.94. The molecule has 0 saturated heterocycles. The number of carboxylic acid groups (broad SMARTS) is 1. The van der Waals surface area contributed by atoms with Crippen LogP contribution in [0.1, 0.15) is 21.5 Å². The molecule has 1 N–H and O–H groups in total. The monoisotopic (exact) mass is 431 g/mol. The Morgan fingerprint density at radius 2 is 1.81 bits per heavy atom. The van der Waals surface area contributed by atoms with Crippen molar-refractivity contribution in [2.24, 2.45) is 0 Å². The van der Waals surface area contributed by atoms with Gasteiger partial charge in [0, 0.05) is 5.56 Å². The fourth-order valence-electron chi connectivity index (χ4n) is 2.95. The molecule has 4 rings (SSSR count). The van der Waals surface area contributed by atoms with Crippen molar-refractivity contribution < 1.29 is 36.6 Å². The molecule has 0 aliphatic rings. The molecule has 0 amide bonds. The number of alkyl halides is 3. The Bertz CT molecular complexity index is 1270. The Morgan fingerprint density at radius 1 is 1.06 bits per heavy atom. The van der Waals surface area contributed by atoms with Crippen molar-refractivity contribution in [3.8, 4) is 17.2 Å². The number of carbonyl (C=O) groups is 1. The van der Waals surface area contributed by atoms with E-state index in [9.17, 15) is 22.4 Å². The third-order valence-electron chi connectivity index (χ3n) is 4.46. The molecule has 0 atom stereocenters. The van der Waals surface area contributed by atoms with Crippen molar-refractivity contribution in [1.29, 1.82) is 0 Å². The zero-order chi connectivity index (χ0) is 22.2. The van der Waals surface area contributed by atoms with E-state index >= 15 is 0 Å². The fourth-order valence-corrected chi connectivity index (χ4v) is 2.95. The Kier molecular flexibility index (Phi) is 5.10. The van der Waals surface area contributed by atoms with Gasteiger partial charge in [0.05, 0.1) is 11.1 Å². The lowest BCUT2D eigenvalue weighted by atomic mass is 10.1. The van der Waals surface area contributed by atoms with Gasteiger partial charge in [-0.1, -0.05) is 30.3 Å². The minimum absolute atomic E-state index is 0.0608. The first kappa shape index (κ1) is 20.4. The van der Waals surface area contributed by atoms with E-state index in [2.05, 4.69) is 4.98 Å². The number of benzene rings is 3. The zero-order valence-corrected chi connectivity index (χ0v) is 15.6. The summed E-state index contributed by atoms with van der Waals surface area (Å²) in [5, 5.41) is 9.07. The average molecular weight is 431 g/mol. The first-order valence-corrected chi connectivity index (χ1v) is 8.94. The van der Waals surface area contributed by atoms with Gasteiger partial charge in [0.1, 0.15) is 12.1 Å². The topological polar surface area (TPSA) is 72.6 Å². The predicted octanol–water partition coefficient (Wildman–Crippen LogP) is 5.93. The molecular formula is C22H13F4NO4. The van der Waals surface area contributed by atoms with Crippen LogP contribution in [0.3, 0.4) is 0 Å². The third-order valence-corrected chi connectivity index (χ3v) is 4.46. The van der Waals surface area contributed by atoms with Gasteiger partial charge in [0.15, 0.2) is 17.1 Å². The molecule has 4 aromatic rings. The van der Waals surface area contributed by atoms with Gasteiger partial charge in [-0.05, 0) is 35.9 Å². The van der Waals surface area contributed by atoms with E-state index in [0.717, 1.165) is 6.07 Å². The maximum Gasteiger partial charge on any atom is 0.419 e. The molecule has 0 radical (unpaired) electrons. The molecule has 0 saturated carbocycles. The molecule has 1 heterocycles. The van der Waals surface area contributed by atoms with Gasteiger partial charge in [0.2, 0.25) is 5.89 Å². The van der Waals surface area contributed by atoms with Gasteiger partial charge in [-0.2, -0.15) is 13.2 Å². The second-order valence-electron chi connectivity index (χ2n) is 6.61. The number of rotatable bonds is 5. The van der Waals surface area contributed by atoms with Crippen LogP contribution in [0.4, 0.5) is 17.6 Å². The predicted molar refractivity (Wildman–Crippen MR) is 102 cm³/mol. The Morgan fingerprint density at radius 3 is 2.48 bits per heavy atom. The van der Waals surface area contributed by atoms with Crippen molar-refractivity contribution in [1.82, 2.24) is 4.98 Å². The van der Waals surface area contributed by atoms with Crippen LogP contribution in [0, 0.1) is 5.82 Å². The molecule has 9 heteroatoms. The molecule has 31 heavy (non-hydrogen) atoms. The zero-order valence-electron chi connectivity index (χ0n) is 15.6. The summed E-state index contributed by atoms with van der Waals surface area (Å²) in [6, 6.07) is 14.1. The van der Waals surface area contributed by atoms with Crippen LogP contribution in [-0.4, -0.2) is 16.1 Å². The molecule has 0 spiro atoms. The number of carboxylic acids is 1. The highest BCUT2D eigenvalue weighted by Crippen LogP contribution is 2.39. The third kappa shape index (κ3) is 4.20. The molecule has 3 aromatic carbocycles. The highest BCUT2D eigenvalue weighted by molar-refractivity contribution is 5.92. The van der Waals surface area contributed by atoms with E-state index in [1.165, 1.54) is 18.2 Å². The smallest absolute Gasteiger partial charge is 0.419 e. The number of nitrogens with zero attached hydrogens (tertiary/aromatic N) is 1. The second kappa shape index (κ2) is 7.75. The van der Waals surface area contributed by atoms with E-state index in [-0.39, 0.29) is 34.7 Å². The summed E-state index contributed by atoms with van der Waals surface area (Å²) in [6.45, 7) is -0.145.